The monoisotopic (exact) mass is 242 g/mol. The van der Waals surface area contributed by atoms with Crippen LogP contribution in [0.2, 0.25) is 0 Å². The summed E-state index contributed by atoms with van der Waals surface area (Å²) in [5, 5.41) is 0. The standard InChI is InChI=1S/C13H11FN4/c14-9-2-4-10-12(5-9)18-13(17-10)11-3-1-8(6-15)7-16-11/h1-5,7H,6,15H2,(H,17,18). The van der Waals surface area contributed by atoms with Crippen LogP contribution in [0.15, 0.2) is 36.5 Å². The smallest absolute Gasteiger partial charge is 0.157 e. The Morgan fingerprint density at radius 1 is 1.22 bits per heavy atom. The number of pyridine rings is 1. The van der Waals surface area contributed by atoms with Gasteiger partial charge in [-0.1, -0.05) is 6.07 Å². The third-order valence-electron chi connectivity index (χ3n) is 2.75. The zero-order valence-electron chi connectivity index (χ0n) is 9.52. The lowest BCUT2D eigenvalue weighted by Gasteiger charge is -1.97. The van der Waals surface area contributed by atoms with Gasteiger partial charge in [0.1, 0.15) is 11.5 Å². The number of aromatic amines is 1. The van der Waals surface area contributed by atoms with Gasteiger partial charge in [0, 0.05) is 12.7 Å². The first kappa shape index (κ1) is 10.9. The summed E-state index contributed by atoms with van der Waals surface area (Å²) in [4.78, 5) is 11.7. The molecule has 2 aromatic heterocycles. The van der Waals surface area contributed by atoms with Crippen molar-refractivity contribution in [1.29, 1.82) is 0 Å². The topological polar surface area (TPSA) is 67.6 Å². The molecule has 0 atom stereocenters. The summed E-state index contributed by atoms with van der Waals surface area (Å²) in [5.74, 6) is 0.336. The number of benzene rings is 1. The molecule has 3 rings (SSSR count). The number of fused-ring (bicyclic) bond motifs is 1. The van der Waals surface area contributed by atoms with Crippen molar-refractivity contribution in [1.82, 2.24) is 15.0 Å². The number of hydrogen-bond acceptors (Lipinski definition) is 3. The highest BCUT2D eigenvalue weighted by Gasteiger charge is 2.06. The summed E-state index contributed by atoms with van der Waals surface area (Å²) in [7, 11) is 0. The predicted molar refractivity (Wildman–Crippen MR) is 67.2 cm³/mol. The first-order valence-corrected chi connectivity index (χ1v) is 5.57. The van der Waals surface area contributed by atoms with Crippen LogP contribution in [0.3, 0.4) is 0 Å². The van der Waals surface area contributed by atoms with E-state index in [1.165, 1.54) is 12.1 Å². The van der Waals surface area contributed by atoms with Crippen LogP contribution in [-0.4, -0.2) is 15.0 Å². The Bertz CT molecular complexity index is 688. The highest BCUT2D eigenvalue weighted by atomic mass is 19.1. The van der Waals surface area contributed by atoms with Crippen LogP contribution in [0.4, 0.5) is 4.39 Å². The quantitative estimate of drug-likeness (QED) is 0.724. The van der Waals surface area contributed by atoms with Crippen molar-refractivity contribution in [2.75, 3.05) is 0 Å². The van der Waals surface area contributed by atoms with E-state index in [-0.39, 0.29) is 5.82 Å². The molecule has 4 nitrogen and oxygen atoms in total. The van der Waals surface area contributed by atoms with E-state index in [1.54, 1.807) is 12.3 Å². The fourth-order valence-corrected chi connectivity index (χ4v) is 1.79. The van der Waals surface area contributed by atoms with Gasteiger partial charge in [-0.3, -0.25) is 4.98 Å². The number of nitrogens with one attached hydrogen (secondary N) is 1. The average Bonchev–Trinajstić information content (AvgIpc) is 2.81. The highest BCUT2D eigenvalue weighted by molar-refractivity contribution is 5.78. The molecule has 18 heavy (non-hydrogen) atoms. The van der Waals surface area contributed by atoms with Crippen LogP contribution in [0, 0.1) is 5.82 Å². The molecule has 2 heterocycles. The van der Waals surface area contributed by atoms with Crippen molar-refractivity contribution in [3.8, 4) is 11.5 Å². The van der Waals surface area contributed by atoms with Gasteiger partial charge in [0.15, 0.2) is 5.82 Å². The van der Waals surface area contributed by atoms with Gasteiger partial charge in [0.05, 0.1) is 11.0 Å². The number of nitrogens with two attached hydrogens (primary N) is 1. The second kappa shape index (κ2) is 4.19. The van der Waals surface area contributed by atoms with E-state index in [4.69, 9.17) is 5.73 Å². The number of rotatable bonds is 2. The van der Waals surface area contributed by atoms with Crippen LogP contribution in [0.5, 0.6) is 0 Å². The molecule has 0 radical (unpaired) electrons. The van der Waals surface area contributed by atoms with Crippen molar-refractivity contribution in [3.63, 3.8) is 0 Å². The van der Waals surface area contributed by atoms with Gasteiger partial charge in [0.2, 0.25) is 0 Å². The molecular weight excluding hydrogens is 231 g/mol. The fraction of sp³-hybridized carbons (Fsp3) is 0.0769. The van der Waals surface area contributed by atoms with Gasteiger partial charge in [-0.25, -0.2) is 9.37 Å². The molecule has 0 fully saturated rings. The Kier molecular flexibility index (Phi) is 2.53. The third kappa shape index (κ3) is 1.84. The lowest BCUT2D eigenvalue weighted by molar-refractivity contribution is 0.629. The second-order valence-corrected chi connectivity index (χ2v) is 4.00. The van der Waals surface area contributed by atoms with Crippen LogP contribution >= 0.6 is 0 Å². The summed E-state index contributed by atoms with van der Waals surface area (Å²) in [6.45, 7) is 0.457. The summed E-state index contributed by atoms with van der Waals surface area (Å²) >= 11 is 0. The Balaban J connectivity index is 2.07. The van der Waals surface area contributed by atoms with Gasteiger partial charge in [-0.2, -0.15) is 0 Å². The number of aromatic nitrogens is 3. The zero-order chi connectivity index (χ0) is 12.5. The van der Waals surface area contributed by atoms with E-state index in [0.717, 1.165) is 11.1 Å². The summed E-state index contributed by atoms with van der Waals surface area (Å²) in [6.07, 6.45) is 1.71. The van der Waals surface area contributed by atoms with Crippen LogP contribution in [0.25, 0.3) is 22.6 Å². The van der Waals surface area contributed by atoms with Crippen LogP contribution in [-0.2, 0) is 6.54 Å². The van der Waals surface area contributed by atoms with Crippen LogP contribution in [0.1, 0.15) is 5.56 Å². The van der Waals surface area contributed by atoms with E-state index >= 15 is 0 Å². The van der Waals surface area contributed by atoms with Gasteiger partial charge in [-0.05, 0) is 29.8 Å². The molecule has 1 aromatic carbocycles. The molecule has 3 aromatic rings. The maximum atomic E-state index is 13.1. The number of halogens is 1. The Hall–Kier alpha value is -2.27. The molecule has 0 spiro atoms. The average molecular weight is 242 g/mol. The van der Waals surface area contributed by atoms with Crippen molar-refractivity contribution in [2.24, 2.45) is 5.73 Å². The molecule has 0 amide bonds. The minimum atomic E-state index is -0.288. The molecule has 0 unspecified atom stereocenters. The molecule has 0 aliphatic carbocycles. The number of hydrogen-bond donors (Lipinski definition) is 2. The molecule has 3 N–H and O–H groups in total. The van der Waals surface area contributed by atoms with E-state index in [2.05, 4.69) is 15.0 Å². The normalized spacial score (nSPS) is 11.0. The predicted octanol–water partition coefficient (Wildman–Crippen LogP) is 2.22. The Morgan fingerprint density at radius 2 is 2.11 bits per heavy atom. The molecule has 90 valence electrons. The molecule has 0 saturated carbocycles. The van der Waals surface area contributed by atoms with Crippen LogP contribution < -0.4 is 5.73 Å². The van der Waals surface area contributed by atoms with Gasteiger partial charge >= 0.3 is 0 Å². The summed E-state index contributed by atoms with van der Waals surface area (Å²) in [6, 6.07) is 8.18. The first-order valence-electron chi connectivity index (χ1n) is 5.57. The lowest BCUT2D eigenvalue weighted by Crippen LogP contribution is -1.97. The maximum absolute atomic E-state index is 13.1. The molecule has 0 saturated heterocycles. The van der Waals surface area contributed by atoms with Crippen molar-refractivity contribution >= 4 is 11.0 Å². The minimum absolute atomic E-state index is 0.288. The van der Waals surface area contributed by atoms with Gasteiger partial charge in [-0.15, -0.1) is 0 Å². The number of H-pyrrole nitrogens is 1. The Morgan fingerprint density at radius 3 is 2.83 bits per heavy atom. The minimum Gasteiger partial charge on any atom is -0.337 e. The third-order valence-corrected chi connectivity index (χ3v) is 2.75. The number of nitrogens with zero attached hydrogens (tertiary/aromatic N) is 2. The van der Waals surface area contributed by atoms with E-state index < -0.39 is 0 Å². The van der Waals surface area contributed by atoms with Gasteiger partial charge in [0.25, 0.3) is 0 Å². The zero-order valence-corrected chi connectivity index (χ0v) is 9.52. The van der Waals surface area contributed by atoms with E-state index in [1.807, 2.05) is 12.1 Å². The molecule has 0 aliphatic rings. The SMILES string of the molecule is NCc1ccc(-c2nc3ccc(F)cc3[nH]2)nc1. The van der Waals surface area contributed by atoms with Crippen molar-refractivity contribution in [3.05, 3.63) is 47.9 Å². The first-order chi connectivity index (χ1) is 8.76. The van der Waals surface area contributed by atoms with Crippen molar-refractivity contribution in [2.45, 2.75) is 6.54 Å². The van der Waals surface area contributed by atoms with Gasteiger partial charge < -0.3 is 10.7 Å². The van der Waals surface area contributed by atoms with E-state index in [0.29, 0.717) is 23.6 Å². The summed E-state index contributed by atoms with van der Waals surface area (Å²) in [5.41, 5.74) is 8.56. The Labute approximate surface area is 103 Å². The summed E-state index contributed by atoms with van der Waals surface area (Å²) < 4.78 is 13.1. The number of imidazole rings is 1. The highest BCUT2D eigenvalue weighted by Crippen LogP contribution is 2.19. The fourth-order valence-electron chi connectivity index (χ4n) is 1.79. The maximum Gasteiger partial charge on any atom is 0.157 e. The molecule has 0 bridgehead atoms. The van der Waals surface area contributed by atoms with Crippen molar-refractivity contribution < 1.29 is 4.39 Å². The molecular formula is C13H11FN4. The largest absolute Gasteiger partial charge is 0.337 e. The molecule has 5 heteroatoms. The van der Waals surface area contributed by atoms with E-state index in [9.17, 15) is 4.39 Å². The molecule has 0 aliphatic heterocycles. The second-order valence-electron chi connectivity index (χ2n) is 4.00. The lowest BCUT2D eigenvalue weighted by atomic mass is 10.2.